The van der Waals surface area contributed by atoms with E-state index in [4.69, 9.17) is 9.47 Å². The van der Waals surface area contributed by atoms with E-state index in [1.54, 1.807) is 24.3 Å². The molecule has 2 aliphatic rings. The quantitative estimate of drug-likeness (QED) is 0.807. The monoisotopic (exact) mass is 366 g/mol. The first-order chi connectivity index (χ1) is 12.1. The van der Waals surface area contributed by atoms with Gasteiger partial charge in [-0.2, -0.15) is 0 Å². The number of nitrogens with one attached hydrogen (secondary N) is 1. The van der Waals surface area contributed by atoms with Gasteiger partial charge in [-0.3, -0.25) is 4.79 Å². The molecule has 0 radical (unpaired) electrons. The molecule has 0 aliphatic carbocycles. The van der Waals surface area contributed by atoms with Crippen LogP contribution < -0.4 is 5.32 Å². The fourth-order valence-corrected chi connectivity index (χ4v) is 4.71. The van der Waals surface area contributed by atoms with Crippen LogP contribution in [0.5, 0.6) is 0 Å². The number of nitrogens with zero attached hydrogens (tertiary/aromatic N) is 1. The zero-order valence-electron chi connectivity index (χ0n) is 14.1. The Bertz CT molecular complexity index is 755. The van der Waals surface area contributed by atoms with Gasteiger partial charge in [0.15, 0.2) is 0 Å². The number of ether oxygens (including phenoxy) is 2. The Labute approximate surface area is 147 Å². The van der Waals surface area contributed by atoms with Crippen molar-refractivity contribution in [2.24, 2.45) is 0 Å². The van der Waals surface area contributed by atoms with Crippen LogP contribution in [0, 0.1) is 0 Å². The first-order valence-corrected chi connectivity index (χ1v) is 9.69. The van der Waals surface area contributed by atoms with Gasteiger partial charge in [0.2, 0.25) is 0 Å². The minimum atomic E-state index is -3.91. The lowest BCUT2D eigenvalue weighted by molar-refractivity contribution is -0.123. The van der Waals surface area contributed by atoms with E-state index in [1.165, 1.54) is 7.11 Å². The van der Waals surface area contributed by atoms with E-state index in [9.17, 15) is 13.2 Å². The van der Waals surface area contributed by atoms with Gasteiger partial charge in [-0.05, 0) is 18.4 Å². The Kier molecular flexibility index (Phi) is 5.41. The van der Waals surface area contributed by atoms with Crippen molar-refractivity contribution < 1.29 is 22.7 Å². The van der Waals surface area contributed by atoms with Crippen LogP contribution in [0.4, 0.5) is 0 Å². The summed E-state index contributed by atoms with van der Waals surface area (Å²) in [5.74, 6) is -0.526. The third-order valence-electron chi connectivity index (χ3n) is 4.32. The van der Waals surface area contributed by atoms with Crippen LogP contribution in [0.2, 0.25) is 0 Å². The van der Waals surface area contributed by atoms with Crippen molar-refractivity contribution in [3.63, 3.8) is 0 Å². The molecule has 25 heavy (non-hydrogen) atoms. The highest BCUT2D eigenvalue weighted by molar-refractivity contribution is 7.99. The smallest absolute Gasteiger partial charge is 0.285 e. The number of amides is 1. The lowest BCUT2D eigenvalue weighted by Crippen LogP contribution is -2.40. The second-order valence-corrected chi connectivity index (χ2v) is 7.78. The minimum Gasteiger partial charge on any atom is -0.383 e. The summed E-state index contributed by atoms with van der Waals surface area (Å²) in [5, 5.41) is 3.17. The molecule has 0 atom stereocenters. The average molecular weight is 366 g/mol. The summed E-state index contributed by atoms with van der Waals surface area (Å²) in [6, 6.07) is 8.74. The average Bonchev–Trinajstić information content (AvgIpc) is 2.80. The van der Waals surface area contributed by atoms with Crippen LogP contribution in [0.15, 0.2) is 36.0 Å². The molecule has 1 N–H and O–H groups in total. The van der Waals surface area contributed by atoms with Crippen molar-refractivity contribution in [1.29, 1.82) is 0 Å². The van der Waals surface area contributed by atoms with Gasteiger partial charge in [0.1, 0.15) is 10.6 Å². The van der Waals surface area contributed by atoms with Gasteiger partial charge in [-0.1, -0.05) is 30.3 Å². The van der Waals surface area contributed by atoms with E-state index in [0.29, 0.717) is 18.8 Å². The number of hydrogen-bond acceptors (Lipinski definition) is 6. The summed E-state index contributed by atoms with van der Waals surface area (Å²) in [4.78, 5) is 12.9. The molecule has 2 aliphatic heterocycles. The Balaban J connectivity index is 2.01. The van der Waals surface area contributed by atoms with Gasteiger partial charge in [-0.15, -0.1) is 0 Å². The Hall–Kier alpha value is -1.90. The largest absolute Gasteiger partial charge is 0.383 e. The molecular formula is C17H22N2O5S. The Morgan fingerprint density at radius 3 is 2.56 bits per heavy atom. The van der Waals surface area contributed by atoms with E-state index in [-0.39, 0.29) is 29.8 Å². The van der Waals surface area contributed by atoms with E-state index in [0.717, 1.165) is 17.1 Å². The number of carbonyl (C=O) groups is 1. The molecule has 0 aromatic heterocycles. The maximum Gasteiger partial charge on any atom is 0.285 e. The van der Waals surface area contributed by atoms with E-state index < -0.39 is 15.9 Å². The van der Waals surface area contributed by atoms with E-state index >= 15 is 0 Å². The summed E-state index contributed by atoms with van der Waals surface area (Å²) in [6.45, 7) is 1.34. The fraction of sp³-hybridized carbons (Fsp3) is 0.471. The molecule has 0 spiro atoms. The predicted octanol–water partition coefficient (Wildman–Crippen LogP) is 0.942. The topological polar surface area (TPSA) is 84.9 Å². The van der Waals surface area contributed by atoms with Gasteiger partial charge in [0.05, 0.1) is 13.2 Å². The zero-order chi connectivity index (χ0) is 17.9. The van der Waals surface area contributed by atoms with Crippen molar-refractivity contribution in [1.82, 2.24) is 9.62 Å². The lowest BCUT2D eigenvalue weighted by Gasteiger charge is -2.24. The molecule has 136 valence electrons. The molecule has 0 bridgehead atoms. The second kappa shape index (κ2) is 7.55. The van der Waals surface area contributed by atoms with Crippen LogP contribution >= 0.6 is 0 Å². The molecule has 1 saturated heterocycles. The van der Waals surface area contributed by atoms with Gasteiger partial charge < -0.3 is 14.8 Å². The molecular weight excluding hydrogens is 344 g/mol. The third kappa shape index (κ3) is 3.56. The zero-order valence-corrected chi connectivity index (χ0v) is 14.9. The fourth-order valence-electron chi connectivity index (χ4n) is 3.02. The highest BCUT2D eigenvalue weighted by atomic mass is 32.2. The van der Waals surface area contributed by atoms with Gasteiger partial charge in [0.25, 0.3) is 15.9 Å². The number of hydrogen-bond donors (Lipinski definition) is 1. The van der Waals surface area contributed by atoms with Crippen LogP contribution in [0.3, 0.4) is 0 Å². The Morgan fingerprint density at radius 1 is 1.24 bits per heavy atom. The molecule has 7 nitrogen and oxygen atoms in total. The third-order valence-corrected chi connectivity index (χ3v) is 6.20. The van der Waals surface area contributed by atoms with E-state index in [1.807, 2.05) is 6.07 Å². The van der Waals surface area contributed by atoms with Gasteiger partial charge >= 0.3 is 0 Å². The van der Waals surface area contributed by atoms with Crippen molar-refractivity contribution in [3.05, 3.63) is 41.6 Å². The first-order valence-electron chi connectivity index (χ1n) is 8.25. The minimum absolute atomic E-state index is 0.00699. The number of sulfonamides is 1. The molecule has 3 rings (SSSR count). The highest BCUT2D eigenvalue weighted by Gasteiger charge is 2.44. The number of carbonyl (C=O) groups excluding carboxylic acids is 1. The van der Waals surface area contributed by atoms with Crippen LogP contribution in [0.1, 0.15) is 18.4 Å². The van der Waals surface area contributed by atoms with Crippen molar-refractivity contribution in [3.8, 4) is 0 Å². The van der Waals surface area contributed by atoms with Crippen LogP contribution in [-0.4, -0.2) is 58.1 Å². The Morgan fingerprint density at radius 2 is 1.92 bits per heavy atom. The molecule has 8 heteroatoms. The molecule has 0 saturated carbocycles. The summed E-state index contributed by atoms with van der Waals surface area (Å²) in [7, 11) is -2.44. The predicted molar refractivity (Wildman–Crippen MR) is 92.8 cm³/mol. The lowest BCUT2D eigenvalue weighted by atomic mass is 10.1. The first kappa shape index (κ1) is 17.9. The number of benzene rings is 1. The van der Waals surface area contributed by atoms with Crippen LogP contribution in [-0.2, 0) is 24.3 Å². The molecule has 2 heterocycles. The normalized spacial score (nSPS) is 21.0. The summed E-state index contributed by atoms with van der Waals surface area (Å²) < 4.78 is 37.2. The standard InChI is InChI=1S/C17H22N2O5S/c1-23-12-9-19-17(20)15(18-14-7-10-24-11-8-14)16(25(19,21)22)13-5-3-2-4-6-13/h2-6,14,18H,7-12H2,1H3. The number of rotatable bonds is 6. The second-order valence-electron chi connectivity index (χ2n) is 5.98. The maximum absolute atomic E-state index is 13.0. The molecule has 1 amide bonds. The number of methoxy groups -OCH3 is 1. The summed E-state index contributed by atoms with van der Waals surface area (Å²) in [5.41, 5.74) is 0.652. The molecule has 1 fully saturated rings. The van der Waals surface area contributed by atoms with Crippen LogP contribution in [0.25, 0.3) is 4.91 Å². The van der Waals surface area contributed by atoms with Gasteiger partial charge in [-0.25, -0.2) is 12.7 Å². The molecule has 1 aromatic rings. The summed E-state index contributed by atoms with van der Waals surface area (Å²) >= 11 is 0. The molecule has 1 aromatic carbocycles. The van der Waals surface area contributed by atoms with Gasteiger partial charge in [0, 0.05) is 26.4 Å². The SMILES string of the molecule is COCCN1C(=O)C(NC2CCOCC2)=C(c2ccccc2)S1(=O)=O. The molecule has 0 unspecified atom stereocenters. The van der Waals surface area contributed by atoms with Crippen molar-refractivity contribution in [2.45, 2.75) is 18.9 Å². The highest BCUT2D eigenvalue weighted by Crippen LogP contribution is 2.34. The summed E-state index contributed by atoms with van der Waals surface area (Å²) in [6.07, 6.45) is 1.47. The van der Waals surface area contributed by atoms with Crippen molar-refractivity contribution in [2.75, 3.05) is 33.5 Å². The van der Waals surface area contributed by atoms with Crippen molar-refractivity contribution >= 4 is 20.8 Å². The maximum atomic E-state index is 13.0. The van der Waals surface area contributed by atoms with E-state index in [2.05, 4.69) is 5.32 Å².